The predicted octanol–water partition coefficient (Wildman–Crippen LogP) is 7.62. The van der Waals surface area contributed by atoms with E-state index in [-0.39, 0.29) is 31.8 Å². The van der Waals surface area contributed by atoms with E-state index >= 15 is 0 Å². The van der Waals surface area contributed by atoms with Gasteiger partial charge >= 0.3 is 11.9 Å². The van der Waals surface area contributed by atoms with Crippen LogP contribution in [0.15, 0.2) is 103 Å². The van der Waals surface area contributed by atoms with Crippen molar-refractivity contribution in [2.75, 3.05) is 24.7 Å². The predicted molar refractivity (Wildman–Crippen MR) is 207 cm³/mol. The van der Waals surface area contributed by atoms with Crippen molar-refractivity contribution in [3.05, 3.63) is 137 Å². The van der Waals surface area contributed by atoms with Crippen LogP contribution >= 0.6 is 0 Å². The van der Waals surface area contributed by atoms with E-state index in [1.165, 1.54) is 26.0 Å². The van der Waals surface area contributed by atoms with Crippen molar-refractivity contribution in [1.29, 1.82) is 0 Å². The molecular weight excluding hydrogens is 714 g/mol. The second-order valence-corrected chi connectivity index (χ2v) is 14.3. The van der Waals surface area contributed by atoms with E-state index in [1.807, 2.05) is 78.9 Å². The molecule has 288 valence electrons. The first-order valence-corrected chi connectivity index (χ1v) is 18.5. The Labute approximate surface area is 327 Å². The third-order valence-electron chi connectivity index (χ3n) is 9.50. The zero-order valence-corrected chi connectivity index (χ0v) is 31.9. The summed E-state index contributed by atoms with van der Waals surface area (Å²) >= 11 is 0. The highest BCUT2D eigenvalue weighted by molar-refractivity contribution is 6.03. The number of esters is 2. The maximum Gasteiger partial charge on any atom is 0.304 e. The second-order valence-electron chi connectivity index (χ2n) is 14.3. The lowest BCUT2D eigenvalue weighted by Gasteiger charge is -2.48. The molecule has 2 aliphatic rings. The number of amides is 1. The molecule has 6 rings (SSSR count). The van der Waals surface area contributed by atoms with E-state index in [9.17, 15) is 18.8 Å². The molecule has 0 N–H and O–H groups in total. The van der Waals surface area contributed by atoms with Crippen molar-refractivity contribution in [1.82, 2.24) is 0 Å². The lowest BCUT2D eigenvalue weighted by atomic mass is 9.78. The lowest BCUT2D eigenvalue weighted by molar-refractivity contribution is -0.291. The van der Waals surface area contributed by atoms with Gasteiger partial charge in [-0.2, -0.15) is 0 Å². The van der Waals surface area contributed by atoms with Crippen LogP contribution < -0.4 is 4.90 Å². The number of nitrogens with zero attached hydrogens (tertiary/aromatic N) is 1. The zero-order valence-electron chi connectivity index (χ0n) is 31.9. The minimum Gasteiger partial charge on any atom is -0.458 e. The molecule has 0 bridgehead atoms. The molecule has 0 radical (unpaired) electrons. The second kappa shape index (κ2) is 17.8. The minimum atomic E-state index is -1.25. The molecule has 0 spiro atoms. The van der Waals surface area contributed by atoms with E-state index in [0.29, 0.717) is 36.3 Å². The summed E-state index contributed by atoms with van der Waals surface area (Å²) in [4.78, 5) is 39.7. The Bertz CT molecular complexity index is 2120. The molecule has 2 saturated heterocycles. The number of anilines is 1. The highest BCUT2D eigenvalue weighted by atomic mass is 19.1. The number of β-lactam (4-membered cyclic amide) rings is 1. The number of carbonyl (C=O) groups excluding carboxylic acids is 3. The van der Waals surface area contributed by atoms with Gasteiger partial charge in [0.1, 0.15) is 31.7 Å². The smallest absolute Gasteiger partial charge is 0.304 e. The highest BCUT2D eigenvalue weighted by Gasteiger charge is 2.48. The van der Waals surface area contributed by atoms with Gasteiger partial charge < -0.3 is 28.6 Å². The van der Waals surface area contributed by atoms with Crippen molar-refractivity contribution in [2.24, 2.45) is 5.92 Å². The molecule has 1 amide bonds. The monoisotopic (exact) mass is 757 g/mol. The van der Waals surface area contributed by atoms with Gasteiger partial charge in [0.15, 0.2) is 5.79 Å². The highest BCUT2D eigenvalue weighted by Crippen LogP contribution is 2.46. The third kappa shape index (κ3) is 10.3. The molecule has 3 atom stereocenters. The Kier molecular flexibility index (Phi) is 12.7. The summed E-state index contributed by atoms with van der Waals surface area (Å²) in [5.74, 6) is 9.65. The van der Waals surface area contributed by atoms with Crippen LogP contribution in [0.5, 0.6) is 0 Å². The van der Waals surface area contributed by atoms with Gasteiger partial charge in [-0.25, -0.2) is 4.39 Å². The Morgan fingerprint density at radius 3 is 2.14 bits per heavy atom. The van der Waals surface area contributed by atoms with E-state index in [0.717, 1.165) is 16.7 Å². The van der Waals surface area contributed by atoms with Crippen LogP contribution in [-0.4, -0.2) is 49.1 Å². The lowest BCUT2D eigenvalue weighted by Crippen LogP contribution is -2.55. The minimum absolute atomic E-state index is 0.0597. The zero-order chi connectivity index (χ0) is 39.7. The number of ether oxygens (including phenoxy) is 5. The molecule has 0 saturated carbocycles. The van der Waals surface area contributed by atoms with Crippen molar-refractivity contribution < 1.29 is 42.5 Å². The molecule has 4 aromatic rings. The number of halogens is 1. The first-order valence-electron chi connectivity index (χ1n) is 18.5. The van der Waals surface area contributed by atoms with Gasteiger partial charge in [0.05, 0.1) is 18.6 Å². The number of hydrogen-bond donors (Lipinski definition) is 0. The van der Waals surface area contributed by atoms with Gasteiger partial charge in [-0.05, 0) is 97.8 Å². The molecule has 2 heterocycles. The van der Waals surface area contributed by atoms with Crippen molar-refractivity contribution in [3.8, 4) is 23.7 Å². The summed E-state index contributed by atoms with van der Waals surface area (Å²) < 4.78 is 42.1. The van der Waals surface area contributed by atoms with Gasteiger partial charge in [-0.3, -0.25) is 14.4 Å². The maximum atomic E-state index is 14.0. The topological polar surface area (TPSA) is 101 Å². The van der Waals surface area contributed by atoms with Crippen LogP contribution in [0.4, 0.5) is 10.1 Å². The van der Waals surface area contributed by atoms with Crippen molar-refractivity contribution >= 4 is 23.5 Å². The summed E-state index contributed by atoms with van der Waals surface area (Å²) in [6, 6.07) is 30.4. The Hall–Kier alpha value is -5.78. The van der Waals surface area contributed by atoms with Crippen LogP contribution in [0.25, 0.3) is 0 Å². The van der Waals surface area contributed by atoms with E-state index in [2.05, 4.69) is 23.7 Å². The van der Waals surface area contributed by atoms with Gasteiger partial charge in [-0.15, -0.1) is 0 Å². The fraction of sp³-hybridized carbons (Fsp3) is 0.326. The van der Waals surface area contributed by atoms with Gasteiger partial charge in [0.25, 0.3) is 0 Å². The molecule has 56 heavy (non-hydrogen) atoms. The molecule has 2 fully saturated rings. The molecule has 9 nitrogen and oxygen atoms in total. The summed E-state index contributed by atoms with van der Waals surface area (Å²) in [6.45, 7) is 7.09. The molecule has 4 aromatic carbocycles. The van der Waals surface area contributed by atoms with E-state index in [4.69, 9.17) is 23.7 Å². The summed E-state index contributed by atoms with van der Waals surface area (Å²) in [7, 11) is 0. The third-order valence-corrected chi connectivity index (χ3v) is 9.50. The Morgan fingerprint density at radius 2 is 1.50 bits per heavy atom. The van der Waals surface area contributed by atoms with Gasteiger partial charge in [0.2, 0.25) is 11.5 Å². The number of benzene rings is 4. The fourth-order valence-corrected chi connectivity index (χ4v) is 6.68. The largest absolute Gasteiger partial charge is 0.458 e. The molecule has 0 aliphatic carbocycles. The van der Waals surface area contributed by atoms with E-state index in [1.54, 1.807) is 30.9 Å². The SMILES string of the molecule is CC(=O)O[C@@H](CC[C@H]1C(=O)N(c2ccc(C#CCOCc3ccccc3)cc2)[C@@H]1c1ccc(C#CC2(OC(C)=O)COC(C)(C)OC2)cc1)c1ccc(F)cc1. The quantitative estimate of drug-likeness (QED) is 0.0667. The van der Waals surface area contributed by atoms with Gasteiger partial charge in [-0.1, -0.05) is 72.4 Å². The van der Waals surface area contributed by atoms with Crippen molar-refractivity contribution in [3.63, 3.8) is 0 Å². The summed E-state index contributed by atoms with van der Waals surface area (Å²) in [5, 5.41) is 0. The fourth-order valence-electron chi connectivity index (χ4n) is 6.68. The van der Waals surface area contributed by atoms with Crippen LogP contribution in [0.1, 0.15) is 80.5 Å². The van der Waals surface area contributed by atoms with Crippen LogP contribution in [0, 0.1) is 35.4 Å². The van der Waals surface area contributed by atoms with Gasteiger partial charge in [0, 0.05) is 30.7 Å². The first-order chi connectivity index (χ1) is 26.9. The molecular formula is C46H44FNO8. The standard InChI is InChI=1S/C46H44FNO8/c1-32(49)55-42(37-18-20-39(47)21-19-37)25-24-41-43(38-16-12-35(13-17-38)26-27-46(56-33(2)50)30-53-45(3,4)54-31-46)48(44(41)51)40-22-14-34(15-23-40)11-8-28-52-29-36-9-6-5-7-10-36/h5-7,9-10,12-23,41-43H,24-25,28-31H2,1-4H3/t41-,42+,43-/m1/s1. The van der Waals surface area contributed by atoms with Crippen molar-refractivity contribution in [2.45, 2.75) is 70.7 Å². The van der Waals surface area contributed by atoms with Crippen LogP contribution in [-0.2, 0) is 44.7 Å². The summed E-state index contributed by atoms with van der Waals surface area (Å²) in [5.41, 5.74) is 3.52. The Morgan fingerprint density at radius 1 is 0.857 bits per heavy atom. The number of rotatable bonds is 11. The van der Waals surface area contributed by atoms with Crippen LogP contribution in [0.3, 0.4) is 0 Å². The normalized spacial score (nSPS) is 18.6. The molecule has 10 heteroatoms. The maximum absolute atomic E-state index is 14.0. The Balaban J connectivity index is 1.21. The molecule has 0 aromatic heterocycles. The average molecular weight is 758 g/mol. The number of hydrogen-bond acceptors (Lipinski definition) is 8. The molecule has 0 unspecified atom stereocenters. The average Bonchev–Trinajstić information content (AvgIpc) is 3.18. The van der Waals surface area contributed by atoms with Crippen LogP contribution in [0.2, 0.25) is 0 Å². The number of carbonyl (C=O) groups is 3. The molecule has 2 aliphatic heterocycles. The summed E-state index contributed by atoms with van der Waals surface area (Å²) in [6.07, 6.45) is 0.117. The van der Waals surface area contributed by atoms with E-state index < -0.39 is 41.2 Å². The first kappa shape index (κ1) is 39.9.